The zero-order chi connectivity index (χ0) is 19.7. The van der Waals surface area contributed by atoms with Crippen LogP contribution < -0.4 is 5.32 Å². The molecule has 1 N–H and O–H groups in total. The fraction of sp³-hybridized carbons (Fsp3) is 0.227. The van der Waals surface area contributed by atoms with Crippen LogP contribution in [-0.4, -0.2) is 24.9 Å². The van der Waals surface area contributed by atoms with Crippen molar-refractivity contribution in [1.82, 2.24) is 19.4 Å². The molecule has 0 atom stereocenters. The van der Waals surface area contributed by atoms with E-state index in [0.717, 1.165) is 38.2 Å². The fourth-order valence-corrected chi connectivity index (χ4v) is 3.60. The molecule has 0 spiro atoms. The Labute approximate surface area is 180 Å². The monoisotopic (exact) mass is 423 g/mol. The molecule has 0 amide bonds. The van der Waals surface area contributed by atoms with Gasteiger partial charge in [0, 0.05) is 24.1 Å². The molecule has 29 heavy (non-hydrogen) atoms. The van der Waals surface area contributed by atoms with Gasteiger partial charge in [0.15, 0.2) is 5.65 Å². The number of hydrogen-bond acceptors (Lipinski definition) is 5. The van der Waals surface area contributed by atoms with Crippen LogP contribution in [0.2, 0.25) is 0 Å². The summed E-state index contributed by atoms with van der Waals surface area (Å²) in [6.45, 7) is 8.43. The highest BCUT2D eigenvalue weighted by Crippen LogP contribution is 2.34. The Hall–Kier alpha value is -2.88. The van der Waals surface area contributed by atoms with Crippen LogP contribution >= 0.6 is 23.7 Å². The van der Waals surface area contributed by atoms with E-state index in [2.05, 4.69) is 54.0 Å². The molecule has 4 heterocycles. The average molecular weight is 424 g/mol. The SMILES string of the molecule is Cc1ccc(C#Cc2ccc(-c3nc4cnccn4c3NC(C)(C)C)s2)nc1.Cl. The maximum atomic E-state index is 4.80. The number of halogens is 1. The highest BCUT2D eigenvalue weighted by Gasteiger charge is 2.20. The standard InChI is InChI=1S/C22H21N5S.ClH/c1-15-5-6-16(24-13-15)7-8-17-9-10-18(28-17)20-21(26-22(2,3)4)27-12-11-23-14-19(27)25-20;/h5-6,9-14,26H,1-4H3;1H. The van der Waals surface area contributed by atoms with Gasteiger partial charge in [0.1, 0.15) is 17.2 Å². The van der Waals surface area contributed by atoms with E-state index in [1.807, 2.05) is 41.9 Å². The number of nitrogens with zero attached hydrogens (tertiary/aromatic N) is 4. The molecule has 7 heteroatoms. The third-order valence-corrected chi connectivity index (χ3v) is 5.00. The summed E-state index contributed by atoms with van der Waals surface area (Å²) in [4.78, 5) is 15.4. The minimum atomic E-state index is -0.0923. The molecular weight excluding hydrogens is 402 g/mol. The molecule has 4 rings (SSSR count). The molecule has 0 aliphatic heterocycles. The Morgan fingerprint density at radius 2 is 1.90 bits per heavy atom. The van der Waals surface area contributed by atoms with Crippen LogP contribution in [0.25, 0.3) is 16.2 Å². The third kappa shape index (κ3) is 4.76. The van der Waals surface area contributed by atoms with Gasteiger partial charge in [0.2, 0.25) is 0 Å². The lowest BCUT2D eigenvalue weighted by molar-refractivity contribution is 0.629. The number of fused-ring (bicyclic) bond motifs is 1. The Kier molecular flexibility index (Phi) is 5.92. The van der Waals surface area contributed by atoms with Crippen LogP contribution in [0.4, 0.5) is 5.82 Å². The molecule has 0 unspecified atom stereocenters. The number of thiophene rings is 1. The Morgan fingerprint density at radius 1 is 1.07 bits per heavy atom. The van der Waals surface area contributed by atoms with E-state index in [4.69, 9.17) is 4.98 Å². The van der Waals surface area contributed by atoms with Gasteiger partial charge in [-0.05, 0) is 63.3 Å². The Morgan fingerprint density at radius 3 is 2.62 bits per heavy atom. The van der Waals surface area contributed by atoms with Crippen LogP contribution in [0.1, 0.15) is 36.9 Å². The summed E-state index contributed by atoms with van der Waals surface area (Å²) < 4.78 is 2.04. The maximum Gasteiger partial charge on any atom is 0.157 e. The van der Waals surface area contributed by atoms with Crippen LogP contribution in [-0.2, 0) is 0 Å². The fourth-order valence-electron chi connectivity index (χ4n) is 2.75. The summed E-state index contributed by atoms with van der Waals surface area (Å²) in [6, 6.07) is 8.06. The summed E-state index contributed by atoms with van der Waals surface area (Å²) in [5.74, 6) is 7.31. The summed E-state index contributed by atoms with van der Waals surface area (Å²) in [5.41, 5.74) is 3.53. The van der Waals surface area contributed by atoms with Crippen molar-refractivity contribution in [3.63, 3.8) is 0 Å². The van der Waals surface area contributed by atoms with Crippen molar-refractivity contribution in [3.05, 3.63) is 65.2 Å². The average Bonchev–Trinajstić information content (AvgIpc) is 3.25. The van der Waals surface area contributed by atoms with Crippen molar-refractivity contribution in [3.8, 4) is 22.4 Å². The Bertz CT molecular complexity index is 1190. The number of anilines is 1. The second kappa shape index (κ2) is 8.24. The lowest BCUT2D eigenvalue weighted by atomic mass is 10.1. The maximum absolute atomic E-state index is 4.80. The van der Waals surface area contributed by atoms with Gasteiger partial charge in [0.05, 0.1) is 16.0 Å². The van der Waals surface area contributed by atoms with Gasteiger partial charge in [-0.3, -0.25) is 9.38 Å². The number of aryl methyl sites for hydroxylation is 1. The van der Waals surface area contributed by atoms with E-state index in [0.29, 0.717) is 0 Å². The zero-order valence-corrected chi connectivity index (χ0v) is 18.4. The third-order valence-electron chi connectivity index (χ3n) is 3.99. The molecule has 4 aromatic rings. The van der Waals surface area contributed by atoms with Gasteiger partial charge in [0.25, 0.3) is 0 Å². The number of aromatic nitrogens is 4. The van der Waals surface area contributed by atoms with Crippen LogP contribution in [0.5, 0.6) is 0 Å². The number of imidazole rings is 1. The van der Waals surface area contributed by atoms with E-state index in [1.54, 1.807) is 23.7 Å². The van der Waals surface area contributed by atoms with Crippen LogP contribution in [0, 0.1) is 18.8 Å². The number of pyridine rings is 1. The van der Waals surface area contributed by atoms with E-state index >= 15 is 0 Å². The van der Waals surface area contributed by atoms with E-state index in [1.165, 1.54) is 0 Å². The van der Waals surface area contributed by atoms with Gasteiger partial charge >= 0.3 is 0 Å². The first-order valence-electron chi connectivity index (χ1n) is 9.04. The van der Waals surface area contributed by atoms with Crippen molar-refractivity contribution in [2.24, 2.45) is 0 Å². The first kappa shape index (κ1) is 20.8. The quantitative estimate of drug-likeness (QED) is 0.450. The topological polar surface area (TPSA) is 55.1 Å². The lowest BCUT2D eigenvalue weighted by Crippen LogP contribution is -2.27. The molecule has 0 aliphatic rings. The molecule has 4 aromatic heterocycles. The van der Waals surface area contributed by atoms with Crippen molar-refractivity contribution in [2.45, 2.75) is 33.2 Å². The van der Waals surface area contributed by atoms with E-state index < -0.39 is 0 Å². The predicted molar refractivity (Wildman–Crippen MR) is 122 cm³/mol. The molecule has 5 nitrogen and oxygen atoms in total. The second-order valence-corrected chi connectivity index (χ2v) is 8.71. The van der Waals surface area contributed by atoms with Crippen molar-refractivity contribution >= 4 is 35.2 Å². The molecular formula is C22H22ClN5S. The molecule has 0 radical (unpaired) electrons. The van der Waals surface area contributed by atoms with Crippen LogP contribution in [0.15, 0.2) is 49.1 Å². The number of nitrogens with one attached hydrogen (secondary N) is 1. The highest BCUT2D eigenvalue weighted by atomic mass is 35.5. The normalized spacial score (nSPS) is 10.9. The summed E-state index contributed by atoms with van der Waals surface area (Å²) in [6.07, 6.45) is 7.30. The van der Waals surface area contributed by atoms with Crippen LogP contribution in [0.3, 0.4) is 0 Å². The summed E-state index contributed by atoms with van der Waals surface area (Å²) in [7, 11) is 0. The molecule has 0 aromatic carbocycles. The molecule has 0 saturated heterocycles. The minimum Gasteiger partial charge on any atom is -0.365 e. The molecule has 0 fully saturated rings. The largest absolute Gasteiger partial charge is 0.365 e. The van der Waals surface area contributed by atoms with Gasteiger partial charge in [-0.2, -0.15) is 0 Å². The van der Waals surface area contributed by atoms with Crippen molar-refractivity contribution in [1.29, 1.82) is 0 Å². The molecule has 0 bridgehead atoms. The minimum absolute atomic E-state index is 0. The predicted octanol–water partition coefficient (Wildman–Crippen LogP) is 5.19. The summed E-state index contributed by atoms with van der Waals surface area (Å²) >= 11 is 1.63. The first-order chi connectivity index (χ1) is 13.4. The number of hydrogen-bond donors (Lipinski definition) is 1. The molecule has 148 valence electrons. The second-order valence-electron chi connectivity index (χ2n) is 7.62. The van der Waals surface area contributed by atoms with Crippen molar-refractivity contribution < 1.29 is 0 Å². The smallest absolute Gasteiger partial charge is 0.157 e. The molecule has 0 saturated carbocycles. The highest BCUT2D eigenvalue weighted by molar-refractivity contribution is 7.16. The molecule has 0 aliphatic carbocycles. The van der Waals surface area contributed by atoms with Gasteiger partial charge < -0.3 is 5.32 Å². The van der Waals surface area contributed by atoms with E-state index in [9.17, 15) is 0 Å². The Balaban J connectivity index is 0.00000240. The van der Waals surface area contributed by atoms with Gasteiger partial charge in [-0.1, -0.05) is 6.07 Å². The summed E-state index contributed by atoms with van der Waals surface area (Å²) in [5, 5.41) is 3.58. The zero-order valence-electron chi connectivity index (χ0n) is 16.7. The van der Waals surface area contributed by atoms with E-state index in [-0.39, 0.29) is 17.9 Å². The first-order valence-corrected chi connectivity index (χ1v) is 9.86. The van der Waals surface area contributed by atoms with Gasteiger partial charge in [-0.15, -0.1) is 23.7 Å². The number of rotatable bonds is 2. The van der Waals surface area contributed by atoms with Crippen molar-refractivity contribution in [2.75, 3.05) is 5.32 Å². The van der Waals surface area contributed by atoms with Gasteiger partial charge in [-0.25, -0.2) is 9.97 Å². The lowest BCUT2D eigenvalue weighted by Gasteiger charge is -2.22.